The molecule has 2 N–H and O–H groups in total. The zero-order chi connectivity index (χ0) is 39.6. The van der Waals surface area contributed by atoms with Crippen molar-refractivity contribution in [3.63, 3.8) is 0 Å². The third-order valence-corrected chi connectivity index (χ3v) is 10.7. The fraction of sp³-hybridized carbons (Fsp3) is 0.935. The minimum Gasteiger partial charge on any atom is -0.466 e. The van der Waals surface area contributed by atoms with Crippen molar-refractivity contribution in [2.24, 2.45) is 0 Å². The van der Waals surface area contributed by atoms with Crippen molar-refractivity contribution >= 4 is 18.0 Å². The lowest BCUT2D eigenvalue weighted by atomic mass is 10.0. The van der Waals surface area contributed by atoms with Crippen molar-refractivity contribution in [3.8, 4) is 0 Å². The van der Waals surface area contributed by atoms with E-state index in [4.69, 9.17) is 9.47 Å². The molecule has 0 spiro atoms. The summed E-state index contributed by atoms with van der Waals surface area (Å²) >= 11 is 0. The number of ether oxygens (including phenoxy) is 2. The third-order valence-electron chi connectivity index (χ3n) is 10.7. The molecule has 0 aromatic heterocycles. The fourth-order valence-corrected chi connectivity index (χ4v) is 7.15. The van der Waals surface area contributed by atoms with Crippen LogP contribution in [-0.4, -0.2) is 68.8 Å². The van der Waals surface area contributed by atoms with E-state index in [2.05, 4.69) is 36.3 Å². The second-order valence-corrected chi connectivity index (χ2v) is 15.9. The first-order valence-electron chi connectivity index (χ1n) is 23.5. The maximum Gasteiger partial charge on any atom is 0.314 e. The second kappa shape index (κ2) is 42.3. The van der Waals surface area contributed by atoms with E-state index >= 15 is 0 Å². The average molecular weight is 766 g/mol. The minimum atomic E-state index is -0.122. The lowest BCUT2D eigenvalue weighted by Crippen LogP contribution is -2.35. The van der Waals surface area contributed by atoms with Gasteiger partial charge >= 0.3 is 18.0 Å². The van der Waals surface area contributed by atoms with E-state index in [9.17, 15) is 14.4 Å². The van der Waals surface area contributed by atoms with Gasteiger partial charge in [0.2, 0.25) is 0 Å². The Balaban J connectivity index is 4.30. The summed E-state index contributed by atoms with van der Waals surface area (Å²) in [5.41, 5.74) is 0. The van der Waals surface area contributed by atoms with Crippen LogP contribution >= 0.6 is 0 Å². The Morgan fingerprint density at radius 1 is 0.481 bits per heavy atom. The van der Waals surface area contributed by atoms with Gasteiger partial charge in [0.15, 0.2) is 0 Å². The van der Waals surface area contributed by atoms with Crippen LogP contribution in [0.2, 0.25) is 0 Å². The van der Waals surface area contributed by atoms with Gasteiger partial charge in [-0.2, -0.15) is 0 Å². The summed E-state index contributed by atoms with van der Waals surface area (Å²) in [4.78, 5) is 38.9. The highest BCUT2D eigenvalue weighted by Gasteiger charge is 2.14. The minimum absolute atomic E-state index is 0.0111. The van der Waals surface area contributed by atoms with Gasteiger partial charge in [-0.25, -0.2) is 4.79 Å². The largest absolute Gasteiger partial charge is 0.466 e. The molecule has 320 valence electrons. The standard InChI is InChI=1S/C46H91N3O5/c1-5-8-11-14-19-26-34-43(35-27-20-15-12-9-6-2)54-45(51)37-29-22-18-24-31-40-49(41-33-38-48-46(52)47-4)39-30-23-17-21-28-36-44(50)53-42-32-25-16-13-10-7-3/h43H,5-42H2,1-4H3,(H2,47,48,52). The van der Waals surface area contributed by atoms with Crippen LogP contribution in [0.25, 0.3) is 0 Å². The number of nitrogens with one attached hydrogen (secondary N) is 2. The summed E-state index contributed by atoms with van der Waals surface area (Å²) in [5.74, 6) is -0.0248. The van der Waals surface area contributed by atoms with Gasteiger partial charge in [0.05, 0.1) is 6.61 Å². The molecule has 0 unspecified atom stereocenters. The van der Waals surface area contributed by atoms with E-state index in [0.717, 1.165) is 103 Å². The fourth-order valence-electron chi connectivity index (χ4n) is 7.15. The molecule has 8 nitrogen and oxygen atoms in total. The first-order valence-corrected chi connectivity index (χ1v) is 23.5. The van der Waals surface area contributed by atoms with Gasteiger partial charge < -0.3 is 25.0 Å². The summed E-state index contributed by atoms with van der Waals surface area (Å²) in [6.07, 6.45) is 37.7. The number of urea groups is 1. The summed E-state index contributed by atoms with van der Waals surface area (Å²) in [6, 6.07) is -0.122. The molecule has 0 atom stereocenters. The van der Waals surface area contributed by atoms with Crippen molar-refractivity contribution in [3.05, 3.63) is 0 Å². The smallest absolute Gasteiger partial charge is 0.314 e. The molecule has 0 rings (SSSR count). The van der Waals surface area contributed by atoms with Crippen LogP contribution in [0.4, 0.5) is 4.79 Å². The van der Waals surface area contributed by atoms with Crippen LogP contribution in [0.1, 0.15) is 233 Å². The average Bonchev–Trinajstić information content (AvgIpc) is 3.17. The van der Waals surface area contributed by atoms with Crippen LogP contribution in [0.15, 0.2) is 0 Å². The maximum absolute atomic E-state index is 12.8. The highest BCUT2D eigenvalue weighted by molar-refractivity contribution is 5.73. The SMILES string of the molecule is CCCCCCCCOC(=O)CCCCCCCN(CCCCCCCC(=O)OC(CCCCCCCC)CCCCCCCC)CCCNC(=O)NC. The van der Waals surface area contributed by atoms with Gasteiger partial charge in [-0.1, -0.05) is 156 Å². The number of carbonyl (C=O) groups excluding carboxylic acids is 3. The lowest BCUT2D eigenvalue weighted by molar-refractivity contribution is -0.150. The molecule has 2 amide bonds. The molecule has 0 heterocycles. The number of unbranched alkanes of at least 4 members (excludes halogenated alkanes) is 23. The van der Waals surface area contributed by atoms with Crippen molar-refractivity contribution < 1.29 is 23.9 Å². The molecule has 0 radical (unpaired) electrons. The zero-order valence-electron chi connectivity index (χ0n) is 36.4. The molecule has 0 aromatic carbocycles. The van der Waals surface area contributed by atoms with Crippen molar-refractivity contribution in [1.29, 1.82) is 0 Å². The summed E-state index contributed by atoms with van der Waals surface area (Å²) < 4.78 is 11.5. The van der Waals surface area contributed by atoms with Crippen molar-refractivity contribution in [1.82, 2.24) is 15.5 Å². The van der Waals surface area contributed by atoms with Crippen LogP contribution in [-0.2, 0) is 19.1 Å². The Hall–Kier alpha value is -1.83. The summed E-state index contributed by atoms with van der Waals surface area (Å²) in [6.45, 7) is 11.1. The van der Waals surface area contributed by atoms with Gasteiger partial charge in [0.25, 0.3) is 0 Å². The zero-order valence-corrected chi connectivity index (χ0v) is 36.4. The predicted molar refractivity (Wildman–Crippen MR) is 229 cm³/mol. The Labute approximate surface area is 335 Å². The monoisotopic (exact) mass is 766 g/mol. The lowest BCUT2D eigenvalue weighted by Gasteiger charge is -2.22. The van der Waals surface area contributed by atoms with E-state index in [-0.39, 0.29) is 24.1 Å². The Morgan fingerprint density at radius 2 is 0.889 bits per heavy atom. The van der Waals surface area contributed by atoms with Gasteiger partial charge in [-0.05, 0) is 83.8 Å². The Morgan fingerprint density at radius 3 is 1.39 bits per heavy atom. The van der Waals surface area contributed by atoms with E-state index in [1.165, 1.54) is 116 Å². The normalized spacial score (nSPS) is 11.4. The highest BCUT2D eigenvalue weighted by atomic mass is 16.5. The molecular formula is C46H91N3O5. The van der Waals surface area contributed by atoms with Gasteiger partial charge in [-0.15, -0.1) is 0 Å². The molecule has 0 saturated carbocycles. The molecule has 0 aliphatic carbocycles. The van der Waals surface area contributed by atoms with Crippen LogP contribution in [0.5, 0.6) is 0 Å². The Kier molecular flexibility index (Phi) is 40.9. The number of hydrogen-bond acceptors (Lipinski definition) is 6. The summed E-state index contributed by atoms with van der Waals surface area (Å²) in [7, 11) is 1.65. The number of carbonyl (C=O) groups is 3. The van der Waals surface area contributed by atoms with Gasteiger partial charge in [0.1, 0.15) is 6.10 Å². The molecule has 8 heteroatoms. The number of rotatable bonds is 42. The first-order chi connectivity index (χ1) is 26.5. The maximum atomic E-state index is 12.8. The van der Waals surface area contributed by atoms with E-state index in [0.29, 0.717) is 26.0 Å². The molecule has 0 saturated heterocycles. The number of hydrogen-bond donors (Lipinski definition) is 2. The number of nitrogens with zero attached hydrogens (tertiary/aromatic N) is 1. The van der Waals surface area contributed by atoms with Crippen molar-refractivity contribution in [2.75, 3.05) is 39.8 Å². The topological polar surface area (TPSA) is 97.0 Å². The molecule has 0 bridgehead atoms. The summed E-state index contributed by atoms with van der Waals surface area (Å²) in [5, 5.41) is 5.53. The molecule has 0 aliphatic rings. The van der Waals surface area contributed by atoms with Crippen LogP contribution in [0.3, 0.4) is 0 Å². The van der Waals surface area contributed by atoms with Gasteiger partial charge in [-0.3, -0.25) is 9.59 Å². The third kappa shape index (κ3) is 38.4. The van der Waals surface area contributed by atoms with Crippen LogP contribution in [0, 0.1) is 0 Å². The second-order valence-electron chi connectivity index (χ2n) is 15.9. The van der Waals surface area contributed by atoms with E-state index in [1.807, 2.05) is 0 Å². The van der Waals surface area contributed by atoms with E-state index < -0.39 is 0 Å². The molecular weight excluding hydrogens is 675 g/mol. The number of esters is 2. The quantitative estimate of drug-likeness (QED) is 0.0474. The number of amides is 2. The first kappa shape index (κ1) is 52.2. The van der Waals surface area contributed by atoms with Gasteiger partial charge in [0, 0.05) is 26.4 Å². The Bertz CT molecular complexity index is 810. The predicted octanol–water partition coefficient (Wildman–Crippen LogP) is 12.6. The highest BCUT2D eigenvalue weighted by Crippen LogP contribution is 2.18. The molecule has 0 aromatic rings. The molecule has 54 heavy (non-hydrogen) atoms. The molecule has 0 fully saturated rings. The van der Waals surface area contributed by atoms with Crippen molar-refractivity contribution in [2.45, 2.75) is 239 Å². The molecule has 0 aliphatic heterocycles. The van der Waals surface area contributed by atoms with Crippen LogP contribution < -0.4 is 10.6 Å². The van der Waals surface area contributed by atoms with E-state index in [1.54, 1.807) is 7.05 Å².